The van der Waals surface area contributed by atoms with E-state index in [2.05, 4.69) is 10.4 Å². The van der Waals surface area contributed by atoms with Crippen molar-refractivity contribution in [2.75, 3.05) is 5.32 Å². The Kier molecular flexibility index (Phi) is 4.84. The third kappa shape index (κ3) is 3.49. The van der Waals surface area contributed by atoms with E-state index in [4.69, 9.17) is 0 Å². The summed E-state index contributed by atoms with van der Waals surface area (Å²) < 4.78 is 28.8. The van der Waals surface area contributed by atoms with Gasteiger partial charge in [-0.2, -0.15) is 5.10 Å². The van der Waals surface area contributed by atoms with Gasteiger partial charge in [-0.05, 0) is 54.8 Å². The molecule has 1 aromatic heterocycles. The first kappa shape index (κ1) is 17.8. The minimum atomic E-state index is -0.490. The summed E-state index contributed by atoms with van der Waals surface area (Å²) in [5.74, 6) is -1.30. The Morgan fingerprint density at radius 2 is 1.81 bits per heavy atom. The van der Waals surface area contributed by atoms with E-state index >= 15 is 0 Å². The van der Waals surface area contributed by atoms with Crippen molar-refractivity contribution in [1.82, 2.24) is 9.78 Å². The van der Waals surface area contributed by atoms with Crippen molar-refractivity contribution in [1.29, 1.82) is 0 Å². The van der Waals surface area contributed by atoms with E-state index in [1.807, 2.05) is 13.8 Å². The number of halogens is 2. The Bertz CT molecular complexity index is 946. The lowest BCUT2D eigenvalue weighted by atomic mass is 10.0. The molecule has 0 aliphatic rings. The number of rotatable bonds is 4. The second-order valence-electron chi connectivity index (χ2n) is 6.42. The van der Waals surface area contributed by atoms with E-state index in [0.717, 1.165) is 5.56 Å². The monoisotopic (exact) mass is 355 g/mol. The highest BCUT2D eigenvalue weighted by Gasteiger charge is 2.21. The molecule has 1 amide bonds. The molecule has 0 radical (unpaired) electrons. The zero-order valence-corrected chi connectivity index (χ0v) is 14.8. The Balaban J connectivity index is 1.97. The van der Waals surface area contributed by atoms with E-state index in [1.54, 1.807) is 29.8 Å². The molecule has 0 aliphatic carbocycles. The van der Waals surface area contributed by atoms with E-state index in [9.17, 15) is 13.6 Å². The molecule has 2 aromatic carbocycles. The van der Waals surface area contributed by atoms with Gasteiger partial charge in [0, 0.05) is 0 Å². The fourth-order valence-corrected chi connectivity index (χ4v) is 2.79. The molecule has 0 fully saturated rings. The minimum absolute atomic E-state index is 0.0221. The summed E-state index contributed by atoms with van der Waals surface area (Å²) in [6.45, 7) is 5.64. The number of nitrogens with zero attached hydrogens (tertiary/aromatic N) is 2. The molecule has 1 N–H and O–H groups in total. The van der Waals surface area contributed by atoms with Crippen LogP contribution in [0.1, 0.15) is 41.4 Å². The first-order valence-corrected chi connectivity index (χ1v) is 8.28. The quantitative estimate of drug-likeness (QED) is 0.728. The topological polar surface area (TPSA) is 46.9 Å². The van der Waals surface area contributed by atoms with Crippen molar-refractivity contribution in [3.63, 3.8) is 0 Å². The molecule has 0 saturated carbocycles. The lowest BCUT2D eigenvalue weighted by molar-refractivity contribution is 0.102. The number of amides is 1. The molecule has 0 unspecified atom stereocenters. The van der Waals surface area contributed by atoms with Crippen molar-refractivity contribution in [3.8, 4) is 5.69 Å². The van der Waals surface area contributed by atoms with Gasteiger partial charge in [0.15, 0.2) is 0 Å². The van der Waals surface area contributed by atoms with Crippen LogP contribution in [0.4, 0.5) is 14.5 Å². The minimum Gasteiger partial charge on any atom is -0.319 e. The van der Waals surface area contributed by atoms with Crippen LogP contribution < -0.4 is 5.32 Å². The van der Waals surface area contributed by atoms with Gasteiger partial charge in [0.05, 0.1) is 28.8 Å². The van der Waals surface area contributed by atoms with Gasteiger partial charge in [0.2, 0.25) is 0 Å². The average Bonchev–Trinajstić information content (AvgIpc) is 3.03. The third-order valence-corrected chi connectivity index (χ3v) is 4.04. The number of carbonyl (C=O) groups excluding carboxylic acids is 1. The maximum absolute atomic E-state index is 14.0. The molecule has 3 rings (SSSR count). The van der Waals surface area contributed by atoms with Gasteiger partial charge in [-0.25, -0.2) is 13.5 Å². The molecule has 0 aliphatic heterocycles. The van der Waals surface area contributed by atoms with E-state index < -0.39 is 11.7 Å². The lowest BCUT2D eigenvalue weighted by Crippen LogP contribution is -2.16. The molecule has 0 saturated heterocycles. The normalized spacial score (nSPS) is 11.0. The van der Waals surface area contributed by atoms with Crippen LogP contribution >= 0.6 is 0 Å². The van der Waals surface area contributed by atoms with Crippen molar-refractivity contribution < 1.29 is 13.6 Å². The first-order chi connectivity index (χ1) is 12.4. The number of anilines is 1. The highest BCUT2D eigenvalue weighted by atomic mass is 19.1. The third-order valence-electron chi connectivity index (χ3n) is 4.04. The van der Waals surface area contributed by atoms with Crippen LogP contribution in [-0.4, -0.2) is 15.7 Å². The number of carbonyl (C=O) groups is 1. The summed E-state index contributed by atoms with van der Waals surface area (Å²) in [5.41, 5.74) is 2.55. The second-order valence-corrected chi connectivity index (χ2v) is 6.42. The number of nitrogens with one attached hydrogen (secondary N) is 1. The Morgan fingerprint density at radius 1 is 1.12 bits per heavy atom. The fraction of sp³-hybridized carbons (Fsp3) is 0.200. The smallest absolute Gasteiger partial charge is 0.259 e. The standard InChI is InChI=1S/C20H19F2N3O/c1-12(2)19-16(11-23-25(19)15-7-5-14(21)6-8-15)20(26)24-18-9-4-13(3)10-17(18)22/h4-12H,1-3H3,(H,24,26). The summed E-state index contributed by atoms with van der Waals surface area (Å²) in [5, 5.41) is 6.87. The van der Waals surface area contributed by atoms with E-state index in [-0.39, 0.29) is 17.4 Å². The molecule has 0 bridgehead atoms. The molecule has 3 aromatic rings. The van der Waals surface area contributed by atoms with Crippen LogP contribution in [0, 0.1) is 18.6 Å². The number of aryl methyl sites for hydroxylation is 1. The second kappa shape index (κ2) is 7.07. The molecule has 134 valence electrons. The van der Waals surface area contributed by atoms with Crippen molar-refractivity contribution >= 4 is 11.6 Å². The zero-order chi connectivity index (χ0) is 18.8. The lowest BCUT2D eigenvalue weighted by Gasteiger charge is -2.13. The molecule has 1 heterocycles. The SMILES string of the molecule is Cc1ccc(NC(=O)c2cnn(-c3ccc(F)cc3)c2C(C)C)c(F)c1. The van der Waals surface area contributed by atoms with Gasteiger partial charge in [-0.3, -0.25) is 4.79 Å². The van der Waals surface area contributed by atoms with Gasteiger partial charge < -0.3 is 5.32 Å². The van der Waals surface area contributed by atoms with Gasteiger partial charge in [0.1, 0.15) is 11.6 Å². The zero-order valence-electron chi connectivity index (χ0n) is 14.8. The Morgan fingerprint density at radius 3 is 2.42 bits per heavy atom. The Hall–Kier alpha value is -3.02. The first-order valence-electron chi connectivity index (χ1n) is 8.28. The Labute approximate surface area is 150 Å². The summed E-state index contributed by atoms with van der Waals surface area (Å²) in [6, 6.07) is 10.5. The number of benzene rings is 2. The van der Waals surface area contributed by atoms with Crippen molar-refractivity contribution in [3.05, 3.63) is 77.1 Å². The van der Waals surface area contributed by atoms with Crippen LogP contribution in [0.3, 0.4) is 0 Å². The summed E-state index contributed by atoms with van der Waals surface area (Å²) >= 11 is 0. The molecular weight excluding hydrogens is 336 g/mol. The van der Waals surface area contributed by atoms with Gasteiger partial charge in [-0.1, -0.05) is 19.9 Å². The van der Waals surface area contributed by atoms with Crippen LogP contribution in [0.2, 0.25) is 0 Å². The molecular formula is C20H19F2N3O. The van der Waals surface area contributed by atoms with Gasteiger partial charge >= 0.3 is 0 Å². The van der Waals surface area contributed by atoms with Crippen LogP contribution in [0.15, 0.2) is 48.7 Å². The van der Waals surface area contributed by atoms with Crippen molar-refractivity contribution in [2.24, 2.45) is 0 Å². The van der Waals surface area contributed by atoms with Gasteiger partial charge in [0.25, 0.3) is 5.91 Å². The molecule has 0 spiro atoms. The maximum atomic E-state index is 14.0. The van der Waals surface area contributed by atoms with Gasteiger partial charge in [-0.15, -0.1) is 0 Å². The molecule has 26 heavy (non-hydrogen) atoms. The summed E-state index contributed by atoms with van der Waals surface area (Å²) in [6.07, 6.45) is 1.44. The predicted molar refractivity (Wildman–Crippen MR) is 96.7 cm³/mol. The number of hydrogen-bond acceptors (Lipinski definition) is 2. The maximum Gasteiger partial charge on any atom is 0.259 e. The van der Waals surface area contributed by atoms with Crippen LogP contribution in [0.5, 0.6) is 0 Å². The average molecular weight is 355 g/mol. The van der Waals surface area contributed by atoms with E-state index in [1.165, 1.54) is 30.5 Å². The highest BCUT2D eigenvalue weighted by molar-refractivity contribution is 6.05. The van der Waals surface area contributed by atoms with Crippen LogP contribution in [-0.2, 0) is 0 Å². The molecule has 6 heteroatoms. The number of aromatic nitrogens is 2. The largest absolute Gasteiger partial charge is 0.319 e. The predicted octanol–water partition coefficient (Wildman–Crippen LogP) is 4.83. The highest BCUT2D eigenvalue weighted by Crippen LogP contribution is 2.25. The molecule has 4 nitrogen and oxygen atoms in total. The van der Waals surface area contributed by atoms with E-state index in [0.29, 0.717) is 16.9 Å². The van der Waals surface area contributed by atoms with Crippen molar-refractivity contribution in [2.45, 2.75) is 26.7 Å². The van der Waals surface area contributed by atoms with Crippen LogP contribution in [0.25, 0.3) is 5.69 Å². The number of hydrogen-bond donors (Lipinski definition) is 1. The summed E-state index contributed by atoms with van der Waals surface area (Å²) in [7, 11) is 0. The molecule has 0 atom stereocenters. The summed E-state index contributed by atoms with van der Waals surface area (Å²) in [4.78, 5) is 12.7. The fourth-order valence-electron chi connectivity index (χ4n) is 2.79.